The van der Waals surface area contributed by atoms with Crippen LogP contribution in [0, 0.1) is 11.7 Å². The molecule has 1 nitrogen and oxygen atoms in total. The molecular weight excluding hydrogens is 177 g/mol. The average Bonchev–Trinajstić information content (AvgIpc) is 2.51. The van der Waals surface area contributed by atoms with Crippen molar-refractivity contribution in [1.82, 2.24) is 0 Å². The van der Waals surface area contributed by atoms with Gasteiger partial charge in [-0.05, 0) is 43.4 Å². The van der Waals surface area contributed by atoms with Gasteiger partial charge in [-0.1, -0.05) is 13.0 Å². The number of nitrogens with one attached hydrogen (secondary N) is 1. The van der Waals surface area contributed by atoms with Crippen LogP contribution in [0.5, 0.6) is 0 Å². The third-order valence-corrected chi connectivity index (χ3v) is 2.89. The molecule has 1 aromatic carbocycles. The third kappa shape index (κ3) is 2.25. The molecule has 2 atom stereocenters. The van der Waals surface area contributed by atoms with E-state index in [0.29, 0.717) is 6.04 Å². The zero-order chi connectivity index (χ0) is 9.97. The molecule has 1 fully saturated rings. The lowest BCUT2D eigenvalue weighted by molar-refractivity contribution is 0.602. The first kappa shape index (κ1) is 9.50. The number of anilines is 1. The normalized spacial score (nSPS) is 26.4. The first-order chi connectivity index (χ1) is 6.74. The summed E-state index contributed by atoms with van der Waals surface area (Å²) in [5.74, 6) is 0.641. The van der Waals surface area contributed by atoms with Crippen LogP contribution >= 0.6 is 0 Å². The minimum absolute atomic E-state index is 0.166. The van der Waals surface area contributed by atoms with Crippen molar-refractivity contribution in [3.8, 4) is 0 Å². The van der Waals surface area contributed by atoms with E-state index in [1.165, 1.54) is 25.3 Å². The lowest BCUT2D eigenvalue weighted by Crippen LogP contribution is -2.15. The standard InChI is InChI=1S/C12H16FN/c1-9-5-6-12(7-9)14-11-4-2-3-10(13)8-11/h2-4,8-9,12,14H,5-7H2,1H3/t9-,12-/m0/s1. The molecule has 2 heteroatoms. The highest BCUT2D eigenvalue weighted by molar-refractivity contribution is 5.44. The molecule has 1 aliphatic rings. The summed E-state index contributed by atoms with van der Waals surface area (Å²) >= 11 is 0. The van der Waals surface area contributed by atoms with Crippen LogP contribution in [0.1, 0.15) is 26.2 Å². The molecular formula is C12H16FN. The third-order valence-electron chi connectivity index (χ3n) is 2.89. The van der Waals surface area contributed by atoms with E-state index >= 15 is 0 Å². The summed E-state index contributed by atoms with van der Waals surface area (Å²) in [6.07, 6.45) is 3.70. The Bertz CT molecular complexity index is 311. The summed E-state index contributed by atoms with van der Waals surface area (Å²) in [7, 11) is 0. The minimum Gasteiger partial charge on any atom is -0.382 e. The largest absolute Gasteiger partial charge is 0.382 e. The van der Waals surface area contributed by atoms with Crippen molar-refractivity contribution in [2.75, 3.05) is 5.32 Å². The van der Waals surface area contributed by atoms with Gasteiger partial charge in [0.2, 0.25) is 0 Å². The van der Waals surface area contributed by atoms with Crippen molar-refractivity contribution >= 4 is 5.69 Å². The Kier molecular flexibility index (Phi) is 2.71. The van der Waals surface area contributed by atoms with Crippen LogP contribution in [0.3, 0.4) is 0 Å². The maximum absolute atomic E-state index is 12.9. The zero-order valence-corrected chi connectivity index (χ0v) is 8.46. The highest BCUT2D eigenvalue weighted by atomic mass is 19.1. The van der Waals surface area contributed by atoms with Gasteiger partial charge >= 0.3 is 0 Å². The van der Waals surface area contributed by atoms with Gasteiger partial charge in [0, 0.05) is 11.7 Å². The maximum atomic E-state index is 12.9. The summed E-state index contributed by atoms with van der Waals surface area (Å²) < 4.78 is 12.9. The van der Waals surface area contributed by atoms with Gasteiger partial charge in [-0.3, -0.25) is 0 Å². The van der Waals surface area contributed by atoms with E-state index < -0.39 is 0 Å². The van der Waals surface area contributed by atoms with Crippen molar-refractivity contribution in [1.29, 1.82) is 0 Å². The number of rotatable bonds is 2. The maximum Gasteiger partial charge on any atom is 0.125 e. The van der Waals surface area contributed by atoms with Crippen LogP contribution in [-0.2, 0) is 0 Å². The number of hydrogen-bond donors (Lipinski definition) is 1. The van der Waals surface area contributed by atoms with Gasteiger partial charge in [-0.15, -0.1) is 0 Å². The van der Waals surface area contributed by atoms with Gasteiger partial charge in [0.15, 0.2) is 0 Å². The fourth-order valence-corrected chi connectivity index (χ4v) is 2.15. The quantitative estimate of drug-likeness (QED) is 0.758. The Hall–Kier alpha value is -1.05. The molecule has 76 valence electrons. The smallest absolute Gasteiger partial charge is 0.125 e. The Morgan fingerprint density at radius 2 is 2.21 bits per heavy atom. The zero-order valence-electron chi connectivity index (χ0n) is 8.46. The Morgan fingerprint density at radius 1 is 1.36 bits per heavy atom. The minimum atomic E-state index is -0.166. The molecule has 1 aromatic rings. The first-order valence-corrected chi connectivity index (χ1v) is 5.26. The van der Waals surface area contributed by atoms with Crippen LogP contribution in [0.15, 0.2) is 24.3 Å². The highest BCUT2D eigenvalue weighted by Gasteiger charge is 2.20. The SMILES string of the molecule is C[C@H]1CC[C@H](Nc2cccc(F)c2)C1. The summed E-state index contributed by atoms with van der Waals surface area (Å²) in [5, 5.41) is 3.37. The second-order valence-corrected chi connectivity index (χ2v) is 4.27. The van der Waals surface area contributed by atoms with Crippen molar-refractivity contribution in [2.45, 2.75) is 32.2 Å². The number of hydrogen-bond acceptors (Lipinski definition) is 1. The van der Waals surface area contributed by atoms with Crippen molar-refractivity contribution < 1.29 is 4.39 Å². The molecule has 0 spiro atoms. The Labute approximate surface area is 84.3 Å². The van der Waals surface area contributed by atoms with Gasteiger partial charge in [0.05, 0.1) is 0 Å². The number of benzene rings is 1. The highest BCUT2D eigenvalue weighted by Crippen LogP contribution is 2.27. The molecule has 1 aliphatic carbocycles. The molecule has 0 saturated heterocycles. The fourth-order valence-electron chi connectivity index (χ4n) is 2.15. The van der Waals surface area contributed by atoms with E-state index in [2.05, 4.69) is 12.2 Å². The first-order valence-electron chi connectivity index (χ1n) is 5.26. The van der Waals surface area contributed by atoms with E-state index in [-0.39, 0.29) is 5.82 Å². The lowest BCUT2D eigenvalue weighted by Gasteiger charge is -2.13. The molecule has 0 aliphatic heterocycles. The Balaban J connectivity index is 1.97. The van der Waals surface area contributed by atoms with Crippen LogP contribution in [0.25, 0.3) is 0 Å². The van der Waals surface area contributed by atoms with E-state index in [0.717, 1.165) is 11.6 Å². The summed E-state index contributed by atoms with van der Waals surface area (Å²) in [6, 6.07) is 7.24. The molecule has 1 N–H and O–H groups in total. The predicted octanol–water partition coefficient (Wildman–Crippen LogP) is 3.43. The molecule has 14 heavy (non-hydrogen) atoms. The fraction of sp³-hybridized carbons (Fsp3) is 0.500. The summed E-state index contributed by atoms with van der Waals surface area (Å²) in [6.45, 7) is 2.27. The van der Waals surface area contributed by atoms with Crippen molar-refractivity contribution in [3.63, 3.8) is 0 Å². The van der Waals surface area contributed by atoms with Crippen LogP contribution in [0.2, 0.25) is 0 Å². The Morgan fingerprint density at radius 3 is 2.86 bits per heavy atom. The second-order valence-electron chi connectivity index (χ2n) is 4.27. The van der Waals surface area contributed by atoms with Crippen molar-refractivity contribution in [3.05, 3.63) is 30.1 Å². The van der Waals surface area contributed by atoms with E-state index in [1.807, 2.05) is 6.07 Å². The van der Waals surface area contributed by atoms with Crippen molar-refractivity contribution in [2.24, 2.45) is 5.92 Å². The molecule has 0 aromatic heterocycles. The van der Waals surface area contributed by atoms with Crippen LogP contribution in [-0.4, -0.2) is 6.04 Å². The van der Waals surface area contributed by atoms with Gasteiger partial charge in [-0.25, -0.2) is 4.39 Å². The van der Waals surface area contributed by atoms with Crippen LogP contribution < -0.4 is 5.32 Å². The monoisotopic (exact) mass is 193 g/mol. The van der Waals surface area contributed by atoms with Gasteiger partial charge in [-0.2, -0.15) is 0 Å². The molecule has 0 unspecified atom stereocenters. The molecule has 0 bridgehead atoms. The predicted molar refractivity (Wildman–Crippen MR) is 56.8 cm³/mol. The average molecular weight is 193 g/mol. The molecule has 0 heterocycles. The van der Waals surface area contributed by atoms with Gasteiger partial charge < -0.3 is 5.32 Å². The summed E-state index contributed by atoms with van der Waals surface area (Å²) in [4.78, 5) is 0. The summed E-state index contributed by atoms with van der Waals surface area (Å²) in [5.41, 5.74) is 0.907. The molecule has 1 saturated carbocycles. The number of halogens is 1. The van der Waals surface area contributed by atoms with E-state index in [1.54, 1.807) is 12.1 Å². The topological polar surface area (TPSA) is 12.0 Å². The molecule has 0 radical (unpaired) electrons. The van der Waals surface area contributed by atoms with Gasteiger partial charge in [0.25, 0.3) is 0 Å². The van der Waals surface area contributed by atoms with E-state index in [4.69, 9.17) is 0 Å². The molecule has 2 rings (SSSR count). The second kappa shape index (κ2) is 3.99. The molecule has 0 amide bonds. The van der Waals surface area contributed by atoms with Gasteiger partial charge in [0.1, 0.15) is 5.82 Å². The van der Waals surface area contributed by atoms with Crippen LogP contribution in [0.4, 0.5) is 10.1 Å². The van der Waals surface area contributed by atoms with E-state index in [9.17, 15) is 4.39 Å². The lowest BCUT2D eigenvalue weighted by atomic mass is 10.1.